The fraction of sp³-hybridized carbons (Fsp3) is 0.417. The Kier molecular flexibility index (Phi) is 4.20. The molecule has 0 amide bonds. The first-order valence-corrected chi connectivity index (χ1v) is 6.96. The topological polar surface area (TPSA) is 29.9 Å². The predicted octanol–water partition coefficient (Wildman–Crippen LogP) is 2.99. The van der Waals surface area contributed by atoms with Crippen LogP contribution < -0.4 is 5.32 Å². The van der Waals surface area contributed by atoms with Crippen molar-refractivity contribution in [2.75, 3.05) is 0 Å². The molecule has 1 N–H and O–H groups in total. The van der Waals surface area contributed by atoms with Crippen LogP contribution in [-0.2, 0) is 26.6 Å². The molecule has 0 atom stereocenters. The van der Waals surface area contributed by atoms with Gasteiger partial charge >= 0.3 is 0 Å². The summed E-state index contributed by atoms with van der Waals surface area (Å²) in [5, 5.41) is 12.8. The van der Waals surface area contributed by atoms with Crippen molar-refractivity contribution in [3.05, 3.63) is 38.8 Å². The third kappa shape index (κ3) is 2.89. The number of nitrogens with one attached hydrogen (secondary N) is 1. The first kappa shape index (κ1) is 12.6. The standard InChI is InChI=1S/C12H16ClN3S/c1-3-10-12(13)11(16(2)15-10)7-14-6-9-4-5-17-8-9/h4-5,8,14H,3,6-7H2,1-2H3. The van der Waals surface area contributed by atoms with E-state index in [4.69, 9.17) is 11.6 Å². The summed E-state index contributed by atoms with van der Waals surface area (Å²) in [6, 6.07) is 2.12. The Morgan fingerprint density at radius 1 is 1.47 bits per heavy atom. The van der Waals surface area contributed by atoms with Gasteiger partial charge in [0.1, 0.15) is 0 Å². The molecule has 0 radical (unpaired) electrons. The van der Waals surface area contributed by atoms with Crippen LogP contribution in [0.4, 0.5) is 0 Å². The molecule has 0 aliphatic rings. The zero-order chi connectivity index (χ0) is 12.3. The molecular formula is C12H16ClN3S. The van der Waals surface area contributed by atoms with Crippen LogP contribution in [0.25, 0.3) is 0 Å². The van der Waals surface area contributed by atoms with Gasteiger partial charge in [0, 0.05) is 20.1 Å². The predicted molar refractivity (Wildman–Crippen MR) is 72.5 cm³/mol. The van der Waals surface area contributed by atoms with Crippen LogP contribution in [0.3, 0.4) is 0 Å². The molecule has 0 saturated carbocycles. The van der Waals surface area contributed by atoms with E-state index in [2.05, 4.69) is 34.2 Å². The fourth-order valence-corrected chi connectivity index (χ4v) is 2.76. The Labute approximate surface area is 110 Å². The van der Waals surface area contributed by atoms with Crippen LogP contribution in [0.15, 0.2) is 16.8 Å². The minimum Gasteiger partial charge on any atom is -0.307 e. The molecule has 2 aromatic heterocycles. The minimum absolute atomic E-state index is 0.748. The van der Waals surface area contributed by atoms with Crippen LogP contribution >= 0.6 is 22.9 Å². The van der Waals surface area contributed by atoms with E-state index in [0.29, 0.717) is 0 Å². The summed E-state index contributed by atoms with van der Waals surface area (Å²) in [6.07, 6.45) is 0.872. The number of rotatable bonds is 5. The van der Waals surface area contributed by atoms with Crippen molar-refractivity contribution in [1.29, 1.82) is 0 Å². The maximum absolute atomic E-state index is 6.27. The molecule has 0 bridgehead atoms. The summed E-state index contributed by atoms with van der Waals surface area (Å²) in [5.41, 5.74) is 3.34. The third-order valence-electron chi connectivity index (χ3n) is 2.70. The third-order valence-corrected chi connectivity index (χ3v) is 3.87. The smallest absolute Gasteiger partial charge is 0.0863 e. The van der Waals surface area contributed by atoms with Crippen LogP contribution in [0.5, 0.6) is 0 Å². The first-order chi connectivity index (χ1) is 8.22. The highest BCUT2D eigenvalue weighted by atomic mass is 35.5. The summed E-state index contributed by atoms with van der Waals surface area (Å²) in [7, 11) is 1.94. The van der Waals surface area contributed by atoms with Gasteiger partial charge in [0.2, 0.25) is 0 Å². The Hall–Kier alpha value is -0.840. The average Bonchev–Trinajstić information content (AvgIpc) is 2.91. The van der Waals surface area contributed by atoms with E-state index in [1.807, 2.05) is 11.7 Å². The Balaban J connectivity index is 1.97. The molecule has 2 rings (SSSR count). The van der Waals surface area contributed by atoms with Gasteiger partial charge in [-0.1, -0.05) is 18.5 Å². The quantitative estimate of drug-likeness (QED) is 0.904. The highest BCUT2D eigenvalue weighted by molar-refractivity contribution is 7.07. The normalized spacial score (nSPS) is 11.0. The van der Waals surface area contributed by atoms with Crippen molar-refractivity contribution >= 4 is 22.9 Å². The van der Waals surface area contributed by atoms with E-state index in [1.165, 1.54) is 5.56 Å². The van der Waals surface area contributed by atoms with Gasteiger partial charge in [-0.2, -0.15) is 16.4 Å². The monoisotopic (exact) mass is 269 g/mol. The highest BCUT2D eigenvalue weighted by Crippen LogP contribution is 2.20. The number of aromatic nitrogens is 2. The summed E-state index contributed by atoms with van der Waals surface area (Å²) >= 11 is 7.99. The zero-order valence-electron chi connectivity index (χ0n) is 10.0. The lowest BCUT2D eigenvalue weighted by Gasteiger charge is -2.04. The van der Waals surface area contributed by atoms with Gasteiger partial charge in [0.15, 0.2) is 0 Å². The SMILES string of the molecule is CCc1nn(C)c(CNCc2ccsc2)c1Cl. The van der Waals surface area contributed by atoms with Gasteiger partial charge in [-0.25, -0.2) is 0 Å². The van der Waals surface area contributed by atoms with Crippen molar-refractivity contribution in [2.24, 2.45) is 7.05 Å². The lowest BCUT2D eigenvalue weighted by atomic mass is 10.3. The van der Waals surface area contributed by atoms with Gasteiger partial charge < -0.3 is 5.32 Å². The lowest BCUT2D eigenvalue weighted by molar-refractivity contribution is 0.624. The molecule has 0 unspecified atom stereocenters. The largest absolute Gasteiger partial charge is 0.307 e. The van der Waals surface area contributed by atoms with E-state index in [1.54, 1.807) is 11.3 Å². The molecule has 0 spiro atoms. The van der Waals surface area contributed by atoms with Gasteiger partial charge in [-0.05, 0) is 28.8 Å². The molecule has 0 fully saturated rings. The van der Waals surface area contributed by atoms with E-state index >= 15 is 0 Å². The summed E-state index contributed by atoms with van der Waals surface area (Å²) < 4.78 is 1.86. The van der Waals surface area contributed by atoms with E-state index in [9.17, 15) is 0 Å². The van der Waals surface area contributed by atoms with Gasteiger partial charge in [-0.15, -0.1) is 0 Å². The molecular weight excluding hydrogens is 254 g/mol. The van der Waals surface area contributed by atoms with Crippen molar-refractivity contribution in [2.45, 2.75) is 26.4 Å². The molecule has 2 aromatic rings. The van der Waals surface area contributed by atoms with Crippen LogP contribution in [0, 0.1) is 0 Å². The lowest BCUT2D eigenvalue weighted by Crippen LogP contribution is -2.15. The van der Waals surface area contributed by atoms with Gasteiger partial charge in [-0.3, -0.25) is 4.68 Å². The number of aryl methyl sites for hydroxylation is 2. The maximum Gasteiger partial charge on any atom is 0.0863 e. The molecule has 0 aliphatic heterocycles. The molecule has 0 saturated heterocycles. The number of hydrogen-bond acceptors (Lipinski definition) is 3. The van der Waals surface area contributed by atoms with E-state index < -0.39 is 0 Å². The van der Waals surface area contributed by atoms with Crippen LogP contribution in [0.2, 0.25) is 5.02 Å². The van der Waals surface area contributed by atoms with Crippen LogP contribution in [-0.4, -0.2) is 9.78 Å². The maximum atomic E-state index is 6.27. The van der Waals surface area contributed by atoms with Gasteiger partial charge in [0.05, 0.1) is 16.4 Å². The highest BCUT2D eigenvalue weighted by Gasteiger charge is 2.11. The fourth-order valence-electron chi connectivity index (χ4n) is 1.73. The van der Waals surface area contributed by atoms with E-state index in [-0.39, 0.29) is 0 Å². The molecule has 17 heavy (non-hydrogen) atoms. The number of nitrogens with zero attached hydrogens (tertiary/aromatic N) is 2. The number of thiophene rings is 1. The minimum atomic E-state index is 0.748. The summed E-state index contributed by atoms with van der Waals surface area (Å²) in [5.74, 6) is 0. The summed E-state index contributed by atoms with van der Waals surface area (Å²) in [6.45, 7) is 3.68. The van der Waals surface area contributed by atoms with Crippen LogP contribution in [0.1, 0.15) is 23.9 Å². The molecule has 92 valence electrons. The summed E-state index contributed by atoms with van der Waals surface area (Å²) in [4.78, 5) is 0. The molecule has 0 aromatic carbocycles. The molecule has 5 heteroatoms. The number of hydrogen-bond donors (Lipinski definition) is 1. The Morgan fingerprint density at radius 3 is 2.88 bits per heavy atom. The van der Waals surface area contributed by atoms with Crippen molar-refractivity contribution in [3.8, 4) is 0 Å². The first-order valence-electron chi connectivity index (χ1n) is 5.64. The molecule has 2 heterocycles. The van der Waals surface area contributed by atoms with Gasteiger partial charge in [0.25, 0.3) is 0 Å². The van der Waals surface area contributed by atoms with Crippen molar-refractivity contribution < 1.29 is 0 Å². The second-order valence-electron chi connectivity index (χ2n) is 3.92. The number of halogens is 1. The Morgan fingerprint density at radius 2 is 2.29 bits per heavy atom. The molecule has 3 nitrogen and oxygen atoms in total. The zero-order valence-corrected chi connectivity index (χ0v) is 11.6. The molecule has 0 aliphatic carbocycles. The second-order valence-corrected chi connectivity index (χ2v) is 5.08. The van der Waals surface area contributed by atoms with E-state index in [0.717, 1.165) is 35.9 Å². The van der Waals surface area contributed by atoms with Crippen molar-refractivity contribution in [3.63, 3.8) is 0 Å². The van der Waals surface area contributed by atoms with Crippen molar-refractivity contribution in [1.82, 2.24) is 15.1 Å². The Bertz CT molecular complexity index is 476. The average molecular weight is 270 g/mol. The second kappa shape index (κ2) is 5.67.